The maximum Gasteiger partial charge on any atom is 0.167 e. The van der Waals surface area contributed by atoms with Crippen LogP contribution in [0.1, 0.15) is 0 Å². The molecule has 11 rings (SSSR count). The highest BCUT2D eigenvalue weighted by Crippen LogP contribution is 2.41. The maximum atomic E-state index is 6.72. The van der Waals surface area contributed by atoms with Crippen molar-refractivity contribution in [2.75, 3.05) is 0 Å². The summed E-state index contributed by atoms with van der Waals surface area (Å²) in [6, 6.07) is 52.1. The summed E-state index contributed by atoms with van der Waals surface area (Å²) < 4.78 is 15.3. The molecule has 0 saturated heterocycles. The highest BCUT2D eigenvalue weighted by Gasteiger charge is 2.20. The minimum absolute atomic E-state index is 0.567. The van der Waals surface area contributed by atoms with E-state index < -0.39 is 0 Å². The highest BCUT2D eigenvalue weighted by atomic mass is 32.1. The van der Waals surface area contributed by atoms with Gasteiger partial charge >= 0.3 is 0 Å². The van der Waals surface area contributed by atoms with Gasteiger partial charge in [-0.15, -0.1) is 11.3 Å². The monoisotopic (exact) mass is 671 g/mol. The predicted octanol–water partition coefficient (Wildman–Crippen LogP) is 12.7. The van der Waals surface area contributed by atoms with Gasteiger partial charge in [0.25, 0.3) is 0 Å². The lowest BCUT2D eigenvalue weighted by atomic mass is 10.0. The molecule has 0 atom stereocenters. The molecule has 4 heterocycles. The van der Waals surface area contributed by atoms with Crippen molar-refractivity contribution in [1.29, 1.82) is 0 Å². The molecule has 0 spiro atoms. The summed E-state index contributed by atoms with van der Waals surface area (Å²) in [5.74, 6) is 1.81. The lowest BCUT2D eigenvalue weighted by Gasteiger charge is -2.09. The lowest BCUT2D eigenvalue weighted by molar-refractivity contribution is 0.668. The van der Waals surface area contributed by atoms with Crippen molar-refractivity contribution in [3.63, 3.8) is 0 Å². The Morgan fingerprint density at radius 3 is 1.78 bits per heavy atom. The molecular weight excluding hydrogens is 647 g/mol. The molecule has 0 N–H and O–H groups in total. The van der Waals surface area contributed by atoms with Gasteiger partial charge in [-0.25, -0.2) is 15.0 Å². The van der Waals surface area contributed by atoms with Gasteiger partial charge in [-0.1, -0.05) is 103 Å². The largest absolute Gasteiger partial charge is 0.456 e. The van der Waals surface area contributed by atoms with Gasteiger partial charge < -0.3 is 8.83 Å². The third-order valence-corrected chi connectivity index (χ3v) is 11.0. The van der Waals surface area contributed by atoms with E-state index in [1.165, 1.54) is 15.5 Å². The maximum absolute atomic E-state index is 6.72. The summed E-state index contributed by atoms with van der Waals surface area (Å²) in [6.07, 6.45) is 0. The van der Waals surface area contributed by atoms with Crippen LogP contribution >= 0.6 is 11.3 Å². The van der Waals surface area contributed by atoms with E-state index >= 15 is 0 Å². The smallest absolute Gasteiger partial charge is 0.167 e. The van der Waals surface area contributed by atoms with Crippen LogP contribution < -0.4 is 0 Å². The molecule has 4 aromatic heterocycles. The first kappa shape index (κ1) is 28.2. The zero-order valence-electron chi connectivity index (χ0n) is 27.0. The third kappa shape index (κ3) is 4.43. The number of hydrogen-bond donors (Lipinski definition) is 0. The minimum Gasteiger partial charge on any atom is -0.456 e. The Hall–Kier alpha value is -6.63. The van der Waals surface area contributed by atoms with E-state index in [-0.39, 0.29) is 0 Å². The van der Waals surface area contributed by atoms with Gasteiger partial charge in [-0.2, -0.15) is 0 Å². The fraction of sp³-hybridized carbons (Fsp3) is 0. The van der Waals surface area contributed by atoms with Crippen LogP contribution in [0.25, 0.3) is 109 Å². The average Bonchev–Trinajstić information content (AvgIpc) is 3.88. The Bertz CT molecular complexity index is 3160. The molecule has 0 amide bonds. The topological polar surface area (TPSA) is 65.0 Å². The van der Waals surface area contributed by atoms with E-state index in [1.807, 2.05) is 54.6 Å². The number of hydrogen-bond acceptors (Lipinski definition) is 6. The van der Waals surface area contributed by atoms with Crippen molar-refractivity contribution in [2.45, 2.75) is 0 Å². The molecule has 0 aliphatic heterocycles. The lowest BCUT2D eigenvalue weighted by Crippen LogP contribution is -2.00. The molecule has 6 heteroatoms. The molecule has 0 aliphatic carbocycles. The molecule has 0 unspecified atom stereocenters. The number of nitrogens with zero attached hydrogens (tertiary/aromatic N) is 3. The van der Waals surface area contributed by atoms with Crippen molar-refractivity contribution in [3.05, 3.63) is 152 Å². The Labute approximate surface area is 295 Å². The Kier molecular flexibility index (Phi) is 6.05. The second kappa shape index (κ2) is 10.9. The van der Waals surface area contributed by atoms with E-state index in [0.29, 0.717) is 17.5 Å². The number of para-hydroxylation sites is 2. The Balaban J connectivity index is 1.09. The zero-order chi connectivity index (χ0) is 33.5. The fourth-order valence-corrected chi connectivity index (χ4v) is 8.53. The van der Waals surface area contributed by atoms with Crippen LogP contribution in [0.4, 0.5) is 0 Å². The van der Waals surface area contributed by atoms with Crippen LogP contribution in [0, 0.1) is 0 Å². The summed E-state index contributed by atoms with van der Waals surface area (Å²) in [5, 5.41) is 6.71. The molecule has 11 aromatic rings. The second-order valence-electron chi connectivity index (χ2n) is 12.8. The molecule has 5 nitrogen and oxygen atoms in total. The van der Waals surface area contributed by atoms with Gasteiger partial charge in [-0.3, -0.25) is 0 Å². The van der Waals surface area contributed by atoms with Gasteiger partial charge in [0.05, 0.1) is 5.56 Å². The van der Waals surface area contributed by atoms with Crippen molar-refractivity contribution >= 4 is 75.4 Å². The number of aromatic nitrogens is 3. The molecule has 238 valence electrons. The molecular formula is C45H25N3O2S. The van der Waals surface area contributed by atoms with Crippen LogP contribution in [0.15, 0.2) is 160 Å². The van der Waals surface area contributed by atoms with Crippen LogP contribution in [-0.2, 0) is 0 Å². The Morgan fingerprint density at radius 2 is 0.961 bits per heavy atom. The SMILES string of the molecule is c1ccc(-c2nc(-c3cccc4c3oc3cc(-c5ccc6c(c5)oc5ccccc56)ccc34)nc(-c3cccc4c3sc3ccccc34)n2)cc1. The number of furan rings is 2. The summed E-state index contributed by atoms with van der Waals surface area (Å²) in [4.78, 5) is 15.3. The quantitative estimate of drug-likeness (QED) is 0.186. The van der Waals surface area contributed by atoms with Gasteiger partial charge in [-0.05, 0) is 59.7 Å². The van der Waals surface area contributed by atoms with Gasteiger partial charge in [0.1, 0.15) is 22.3 Å². The van der Waals surface area contributed by atoms with Crippen LogP contribution in [0.5, 0.6) is 0 Å². The van der Waals surface area contributed by atoms with Crippen molar-refractivity contribution < 1.29 is 8.83 Å². The molecule has 0 fully saturated rings. The standard InChI is InChI=1S/C45H25N3O2S/c1-2-10-26(11-3-1)43-46-44(48-45(47-43)36-17-9-15-34-32-13-5-7-19-40(32)51-42(34)36)35-16-8-14-33-31-23-21-28(25-39(31)50-41(33)35)27-20-22-30-29-12-4-6-18-37(29)49-38(30)24-27/h1-25H. The van der Waals surface area contributed by atoms with Crippen LogP contribution in [-0.4, -0.2) is 15.0 Å². The first-order valence-corrected chi connectivity index (χ1v) is 17.7. The molecule has 0 aliphatic rings. The second-order valence-corrected chi connectivity index (χ2v) is 13.8. The Morgan fingerprint density at radius 1 is 0.373 bits per heavy atom. The van der Waals surface area contributed by atoms with Gasteiger partial charge in [0, 0.05) is 52.8 Å². The fourth-order valence-electron chi connectivity index (χ4n) is 7.32. The van der Waals surface area contributed by atoms with E-state index in [0.717, 1.165) is 76.4 Å². The summed E-state index contributed by atoms with van der Waals surface area (Å²) in [6.45, 7) is 0. The summed E-state index contributed by atoms with van der Waals surface area (Å²) >= 11 is 1.77. The number of thiophene rings is 1. The zero-order valence-corrected chi connectivity index (χ0v) is 27.8. The van der Waals surface area contributed by atoms with Crippen LogP contribution in [0.3, 0.4) is 0 Å². The molecule has 0 bridgehead atoms. The first-order valence-electron chi connectivity index (χ1n) is 16.8. The van der Waals surface area contributed by atoms with Gasteiger partial charge in [0.2, 0.25) is 0 Å². The van der Waals surface area contributed by atoms with Crippen molar-refractivity contribution in [3.8, 4) is 45.3 Å². The predicted molar refractivity (Wildman–Crippen MR) is 209 cm³/mol. The molecule has 51 heavy (non-hydrogen) atoms. The number of fused-ring (bicyclic) bond motifs is 9. The minimum atomic E-state index is 0.567. The molecule has 0 radical (unpaired) electrons. The molecule has 0 saturated carbocycles. The first-order chi connectivity index (χ1) is 25.2. The summed E-state index contributed by atoms with van der Waals surface area (Å²) in [7, 11) is 0. The van der Waals surface area contributed by atoms with Crippen LogP contribution in [0.2, 0.25) is 0 Å². The highest BCUT2D eigenvalue weighted by molar-refractivity contribution is 7.26. The number of benzene rings is 7. The van der Waals surface area contributed by atoms with E-state index in [1.54, 1.807) is 11.3 Å². The third-order valence-electron chi connectivity index (χ3n) is 9.76. The van der Waals surface area contributed by atoms with Gasteiger partial charge in [0.15, 0.2) is 17.5 Å². The molecule has 7 aromatic carbocycles. The number of rotatable bonds is 4. The summed E-state index contributed by atoms with van der Waals surface area (Å²) in [5.41, 5.74) is 8.14. The normalized spacial score (nSPS) is 11.9. The van der Waals surface area contributed by atoms with Crippen molar-refractivity contribution in [2.24, 2.45) is 0 Å². The van der Waals surface area contributed by atoms with E-state index in [2.05, 4.69) is 97.1 Å². The average molecular weight is 672 g/mol. The van der Waals surface area contributed by atoms with E-state index in [4.69, 9.17) is 23.8 Å². The van der Waals surface area contributed by atoms with E-state index in [9.17, 15) is 0 Å². The van der Waals surface area contributed by atoms with Crippen molar-refractivity contribution in [1.82, 2.24) is 15.0 Å².